The summed E-state index contributed by atoms with van der Waals surface area (Å²) in [6.45, 7) is 0. The number of hydrogen-bond donors (Lipinski definition) is 2. The minimum absolute atomic E-state index is 0.354. The van der Waals surface area contributed by atoms with E-state index in [1.807, 2.05) is 43.4 Å². The Morgan fingerprint density at radius 1 is 1.05 bits per heavy atom. The molecule has 0 aromatic heterocycles. The van der Waals surface area contributed by atoms with Crippen molar-refractivity contribution < 1.29 is 9.53 Å². The quantitative estimate of drug-likeness (QED) is 0.824. The van der Waals surface area contributed by atoms with Crippen molar-refractivity contribution in [3.63, 3.8) is 0 Å². The molecule has 0 spiro atoms. The van der Waals surface area contributed by atoms with Crippen LogP contribution in [0.3, 0.4) is 0 Å². The second-order valence-electron chi connectivity index (χ2n) is 3.99. The third-order valence-corrected chi connectivity index (χ3v) is 2.76. The lowest BCUT2D eigenvalue weighted by atomic mass is 10.1. The Kier molecular flexibility index (Phi) is 4.03. The van der Waals surface area contributed by atoms with Gasteiger partial charge in [-0.3, -0.25) is 0 Å². The molecule has 4 heteroatoms. The number of benzene rings is 2. The molecule has 0 radical (unpaired) electrons. The minimum Gasteiger partial charge on any atom is -0.465 e. The molecule has 2 N–H and O–H groups in total. The lowest BCUT2D eigenvalue weighted by Crippen LogP contribution is -2.05. The van der Waals surface area contributed by atoms with E-state index in [0.717, 1.165) is 17.1 Å². The van der Waals surface area contributed by atoms with E-state index in [4.69, 9.17) is 4.74 Å². The summed E-state index contributed by atoms with van der Waals surface area (Å²) in [6, 6.07) is 15.1. The second-order valence-corrected chi connectivity index (χ2v) is 3.99. The minimum atomic E-state index is -0.354. The molecule has 0 unspecified atom stereocenters. The van der Waals surface area contributed by atoms with Crippen molar-refractivity contribution in [2.45, 2.75) is 0 Å². The highest BCUT2D eigenvalue weighted by atomic mass is 16.5. The van der Waals surface area contributed by atoms with E-state index in [2.05, 4.69) is 10.6 Å². The largest absolute Gasteiger partial charge is 0.465 e. The van der Waals surface area contributed by atoms with Crippen LogP contribution >= 0.6 is 0 Å². The summed E-state index contributed by atoms with van der Waals surface area (Å²) in [4.78, 5) is 11.7. The molecule has 4 nitrogen and oxygen atoms in total. The highest BCUT2D eigenvalue weighted by Gasteiger charge is 2.10. The summed E-state index contributed by atoms with van der Waals surface area (Å²) in [5, 5.41) is 6.29. The topological polar surface area (TPSA) is 50.4 Å². The van der Waals surface area contributed by atoms with E-state index in [1.54, 1.807) is 12.1 Å². The van der Waals surface area contributed by atoms with Gasteiger partial charge in [-0.15, -0.1) is 0 Å². The first-order valence-corrected chi connectivity index (χ1v) is 5.97. The molecule has 0 saturated carbocycles. The predicted molar refractivity (Wildman–Crippen MR) is 77.1 cm³/mol. The predicted octanol–water partition coefficient (Wildman–Crippen LogP) is 3.26. The zero-order chi connectivity index (χ0) is 13.7. The molecule has 19 heavy (non-hydrogen) atoms. The van der Waals surface area contributed by atoms with Crippen molar-refractivity contribution in [3.8, 4) is 0 Å². The van der Waals surface area contributed by atoms with Crippen molar-refractivity contribution in [1.82, 2.24) is 0 Å². The van der Waals surface area contributed by atoms with Gasteiger partial charge in [0.05, 0.1) is 18.4 Å². The average Bonchev–Trinajstić information content (AvgIpc) is 2.47. The van der Waals surface area contributed by atoms with E-state index in [1.165, 1.54) is 7.11 Å². The normalized spacial score (nSPS) is 9.79. The van der Waals surface area contributed by atoms with E-state index < -0.39 is 0 Å². The number of ether oxygens (including phenoxy) is 1. The fraction of sp³-hybridized carbons (Fsp3) is 0.133. The smallest absolute Gasteiger partial charge is 0.339 e. The van der Waals surface area contributed by atoms with Gasteiger partial charge in [-0.05, 0) is 30.3 Å². The van der Waals surface area contributed by atoms with Gasteiger partial charge >= 0.3 is 5.97 Å². The average molecular weight is 256 g/mol. The Morgan fingerprint density at radius 2 is 1.79 bits per heavy atom. The molecule has 98 valence electrons. The number of carbonyl (C=O) groups is 1. The number of carbonyl (C=O) groups excluding carboxylic acids is 1. The summed E-state index contributed by atoms with van der Waals surface area (Å²) >= 11 is 0. The van der Waals surface area contributed by atoms with Crippen LogP contribution in [0, 0.1) is 0 Å². The van der Waals surface area contributed by atoms with E-state index >= 15 is 0 Å². The third kappa shape index (κ3) is 3.04. The number of para-hydroxylation sites is 1. The van der Waals surface area contributed by atoms with Gasteiger partial charge in [0.1, 0.15) is 0 Å². The van der Waals surface area contributed by atoms with Crippen molar-refractivity contribution >= 4 is 23.0 Å². The maximum absolute atomic E-state index is 11.7. The Labute approximate surface area is 112 Å². The summed E-state index contributed by atoms with van der Waals surface area (Å²) in [5.41, 5.74) is 3.14. The van der Waals surface area contributed by atoms with Crippen LogP contribution in [0.1, 0.15) is 10.4 Å². The van der Waals surface area contributed by atoms with Crippen molar-refractivity contribution in [3.05, 3.63) is 54.1 Å². The Morgan fingerprint density at radius 3 is 2.53 bits per heavy atom. The van der Waals surface area contributed by atoms with Gasteiger partial charge in [0.2, 0.25) is 0 Å². The summed E-state index contributed by atoms with van der Waals surface area (Å²) in [7, 11) is 3.24. The zero-order valence-corrected chi connectivity index (χ0v) is 10.9. The molecule has 2 aromatic rings. The van der Waals surface area contributed by atoms with Gasteiger partial charge in [-0.2, -0.15) is 0 Å². The number of esters is 1. The molecule has 2 aromatic carbocycles. The molecular formula is C15H16N2O2. The maximum atomic E-state index is 11.7. The number of nitrogens with one attached hydrogen (secondary N) is 2. The van der Waals surface area contributed by atoms with Gasteiger partial charge in [-0.1, -0.05) is 18.2 Å². The van der Waals surface area contributed by atoms with Gasteiger partial charge in [-0.25, -0.2) is 4.79 Å². The first-order chi connectivity index (χ1) is 9.24. The summed E-state index contributed by atoms with van der Waals surface area (Å²) < 4.78 is 4.77. The van der Waals surface area contributed by atoms with Crippen LogP contribution in [-0.2, 0) is 4.74 Å². The number of methoxy groups -OCH3 is 1. The lowest BCUT2D eigenvalue weighted by Gasteiger charge is -2.11. The molecule has 0 bridgehead atoms. The molecule has 0 aliphatic heterocycles. The monoisotopic (exact) mass is 256 g/mol. The van der Waals surface area contributed by atoms with Gasteiger partial charge in [0, 0.05) is 18.4 Å². The number of hydrogen-bond acceptors (Lipinski definition) is 4. The third-order valence-electron chi connectivity index (χ3n) is 2.76. The molecule has 0 aliphatic rings. The fourth-order valence-corrected chi connectivity index (χ4v) is 1.79. The second kappa shape index (κ2) is 5.91. The first-order valence-electron chi connectivity index (χ1n) is 5.97. The molecule has 0 amide bonds. The van der Waals surface area contributed by atoms with Crippen LogP contribution in [-0.4, -0.2) is 20.1 Å². The first kappa shape index (κ1) is 13.0. The van der Waals surface area contributed by atoms with Crippen molar-refractivity contribution in [2.24, 2.45) is 0 Å². The SMILES string of the molecule is CNc1cccc(Nc2ccccc2C(=O)OC)c1. The molecule has 0 aliphatic carbocycles. The van der Waals surface area contributed by atoms with E-state index in [9.17, 15) is 4.79 Å². The zero-order valence-electron chi connectivity index (χ0n) is 10.9. The van der Waals surface area contributed by atoms with Crippen LogP contribution < -0.4 is 10.6 Å². The van der Waals surface area contributed by atoms with Crippen LogP contribution in [0.2, 0.25) is 0 Å². The summed E-state index contributed by atoms with van der Waals surface area (Å²) in [5.74, 6) is -0.354. The Hall–Kier alpha value is -2.49. The van der Waals surface area contributed by atoms with Gasteiger partial charge < -0.3 is 15.4 Å². The fourth-order valence-electron chi connectivity index (χ4n) is 1.79. The van der Waals surface area contributed by atoms with Crippen LogP contribution in [0.25, 0.3) is 0 Å². The van der Waals surface area contributed by atoms with E-state index in [0.29, 0.717) is 5.56 Å². The van der Waals surface area contributed by atoms with Crippen molar-refractivity contribution in [2.75, 3.05) is 24.8 Å². The highest BCUT2D eigenvalue weighted by molar-refractivity contribution is 5.96. The Bertz CT molecular complexity index is 582. The van der Waals surface area contributed by atoms with Crippen LogP contribution in [0.5, 0.6) is 0 Å². The van der Waals surface area contributed by atoms with Crippen LogP contribution in [0.4, 0.5) is 17.1 Å². The lowest BCUT2D eigenvalue weighted by molar-refractivity contribution is 0.0602. The number of anilines is 3. The number of rotatable bonds is 4. The highest BCUT2D eigenvalue weighted by Crippen LogP contribution is 2.23. The Balaban J connectivity index is 2.30. The maximum Gasteiger partial charge on any atom is 0.339 e. The molecule has 0 fully saturated rings. The molecule has 0 atom stereocenters. The van der Waals surface area contributed by atoms with E-state index in [-0.39, 0.29) is 5.97 Å². The standard InChI is InChI=1S/C15H16N2O2/c1-16-11-6-5-7-12(10-11)17-14-9-4-3-8-13(14)15(18)19-2/h3-10,16-17H,1-2H3. The molecule has 2 rings (SSSR count). The molecule has 0 heterocycles. The van der Waals surface area contributed by atoms with Gasteiger partial charge in [0.15, 0.2) is 0 Å². The van der Waals surface area contributed by atoms with Gasteiger partial charge in [0.25, 0.3) is 0 Å². The molecule has 0 saturated heterocycles. The summed E-state index contributed by atoms with van der Waals surface area (Å²) in [6.07, 6.45) is 0. The molecular weight excluding hydrogens is 240 g/mol. The van der Waals surface area contributed by atoms with Crippen molar-refractivity contribution in [1.29, 1.82) is 0 Å². The van der Waals surface area contributed by atoms with Crippen LogP contribution in [0.15, 0.2) is 48.5 Å².